The van der Waals surface area contributed by atoms with E-state index >= 15 is 0 Å². The van der Waals surface area contributed by atoms with Gasteiger partial charge in [-0.15, -0.1) is 18.3 Å². The van der Waals surface area contributed by atoms with Crippen molar-refractivity contribution >= 4 is 5.97 Å². The summed E-state index contributed by atoms with van der Waals surface area (Å²) >= 11 is 0. The first kappa shape index (κ1) is 21.2. The Kier molecular flexibility index (Phi) is 6.24. The molecule has 2 aromatic carbocycles. The maximum atomic E-state index is 12.6. The van der Waals surface area contributed by atoms with Gasteiger partial charge in [-0.3, -0.25) is 0 Å². The molecule has 3 aromatic rings. The summed E-state index contributed by atoms with van der Waals surface area (Å²) in [6.07, 6.45) is -4.84. The summed E-state index contributed by atoms with van der Waals surface area (Å²) in [5, 5.41) is 7.91. The first-order valence-corrected chi connectivity index (χ1v) is 8.90. The number of ether oxygens (including phenoxy) is 3. The molecule has 3 rings (SSSR count). The lowest BCUT2D eigenvalue weighted by Gasteiger charge is -2.12. The number of carbonyl (C=O) groups is 1. The van der Waals surface area contributed by atoms with Crippen molar-refractivity contribution in [2.45, 2.75) is 19.8 Å². The van der Waals surface area contributed by atoms with Gasteiger partial charge < -0.3 is 14.2 Å². The van der Waals surface area contributed by atoms with Gasteiger partial charge in [0.25, 0.3) is 0 Å². The Bertz CT molecular complexity index is 1020. The van der Waals surface area contributed by atoms with Crippen LogP contribution in [0.15, 0.2) is 48.5 Å². The summed E-state index contributed by atoms with van der Waals surface area (Å²) in [5.74, 6) is -0.482. The quantitative estimate of drug-likeness (QED) is 0.535. The van der Waals surface area contributed by atoms with Crippen LogP contribution in [-0.2, 0) is 11.3 Å². The van der Waals surface area contributed by atoms with E-state index in [1.165, 1.54) is 28.9 Å². The second kappa shape index (κ2) is 8.85. The van der Waals surface area contributed by atoms with Crippen LogP contribution in [0.1, 0.15) is 23.0 Å². The van der Waals surface area contributed by atoms with E-state index in [4.69, 9.17) is 9.47 Å². The van der Waals surface area contributed by atoms with Gasteiger partial charge in [0.15, 0.2) is 5.69 Å². The fraction of sp³-hybridized carbons (Fsp3) is 0.250. The lowest BCUT2D eigenvalue weighted by Crippen LogP contribution is -2.17. The summed E-state index contributed by atoms with van der Waals surface area (Å²) in [5.41, 5.74) is 1.21. The van der Waals surface area contributed by atoms with Crippen LogP contribution in [0.3, 0.4) is 0 Å². The number of halogens is 3. The number of hydrogen-bond donors (Lipinski definition) is 0. The molecule has 30 heavy (non-hydrogen) atoms. The van der Waals surface area contributed by atoms with E-state index in [0.29, 0.717) is 5.75 Å². The fourth-order valence-corrected chi connectivity index (χ4v) is 2.79. The molecule has 0 amide bonds. The highest BCUT2D eigenvalue weighted by atomic mass is 19.4. The van der Waals surface area contributed by atoms with Gasteiger partial charge in [0, 0.05) is 5.56 Å². The van der Waals surface area contributed by atoms with Gasteiger partial charge in [0.05, 0.1) is 20.3 Å². The first-order valence-electron chi connectivity index (χ1n) is 8.90. The van der Waals surface area contributed by atoms with Crippen LogP contribution in [0.25, 0.3) is 11.3 Å². The Morgan fingerprint density at radius 3 is 2.47 bits per heavy atom. The van der Waals surface area contributed by atoms with Gasteiger partial charge in [-0.05, 0) is 36.8 Å². The van der Waals surface area contributed by atoms with Gasteiger partial charge in [-0.2, -0.15) is 0 Å². The molecule has 0 spiro atoms. The monoisotopic (exact) mass is 421 g/mol. The van der Waals surface area contributed by atoms with Crippen LogP contribution in [-0.4, -0.2) is 41.0 Å². The van der Waals surface area contributed by atoms with Crippen LogP contribution in [0.4, 0.5) is 13.2 Å². The third-order valence-electron chi connectivity index (χ3n) is 4.04. The Labute approximate surface area is 170 Å². The summed E-state index contributed by atoms with van der Waals surface area (Å²) in [7, 11) is 1.55. The molecule has 0 bridgehead atoms. The molecule has 0 aliphatic rings. The van der Waals surface area contributed by atoms with Gasteiger partial charge >= 0.3 is 12.3 Å². The Morgan fingerprint density at radius 1 is 1.10 bits per heavy atom. The number of hydrogen-bond acceptors (Lipinski definition) is 6. The highest BCUT2D eigenvalue weighted by Gasteiger charge is 2.31. The Hall–Kier alpha value is -3.56. The number of benzene rings is 2. The number of methoxy groups -OCH3 is 1. The molecular weight excluding hydrogens is 403 g/mol. The van der Waals surface area contributed by atoms with E-state index < -0.39 is 18.1 Å². The van der Waals surface area contributed by atoms with Crippen LogP contribution in [0, 0.1) is 0 Å². The molecule has 158 valence electrons. The number of alkyl halides is 3. The van der Waals surface area contributed by atoms with E-state index in [1.807, 2.05) is 0 Å². The predicted octanol–water partition coefficient (Wildman–Crippen LogP) is 4.08. The van der Waals surface area contributed by atoms with Crippen LogP contribution < -0.4 is 9.47 Å². The maximum absolute atomic E-state index is 12.6. The minimum Gasteiger partial charge on any atom is -0.497 e. The molecule has 10 heteroatoms. The van der Waals surface area contributed by atoms with E-state index in [0.717, 1.165) is 5.56 Å². The van der Waals surface area contributed by atoms with Crippen LogP contribution >= 0.6 is 0 Å². The van der Waals surface area contributed by atoms with Crippen molar-refractivity contribution in [1.29, 1.82) is 0 Å². The summed E-state index contributed by atoms with van der Waals surface area (Å²) in [4.78, 5) is 12.3. The summed E-state index contributed by atoms with van der Waals surface area (Å²) < 4.78 is 53.4. The SMILES string of the molecule is CCOC(=O)c1nnn(Cc2ccc(OC)cc2)c1-c1cccc(OC(F)(F)F)c1. The Morgan fingerprint density at radius 2 is 1.83 bits per heavy atom. The van der Waals surface area contributed by atoms with E-state index in [9.17, 15) is 18.0 Å². The van der Waals surface area contributed by atoms with E-state index in [2.05, 4.69) is 15.0 Å². The highest BCUT2D eigenvalue weighted by Crippen LogP contribution is 2.30. The van der Waals surface area contributed by atoms with Crippen molar-refractivity contribution < 1.29 is 32.2 Å². The molecule has 0 saturated heterocycles. The van der Waals surface area contributed by atoms with Crippen molar-refractivity contribution in [3.8, 4) is 22.8 Å². The van der Waals surface area contributed by atoms with E-state index in [1.54, 1.807) is 38.3 Å². The molecule has 0 aliphatic carbocycles. The fourth-order valence-electron chi connectivity index (χ4n) is 2.79. The number of esters is 1. The normalized spacial score (nSPS) is 11.2. The lowest BCUT2D eigenvalue weighted by atomic mass is 10.1. The zero-order chi connectivity index (χ0) is 21.7. The average Bonchev–Trinajstić information content (AvgIpc) is 3.11. The largest absolute Gasteiger partial charge is 0.573 e. The maximum Gasteiger partial charge on any atom is 0.573 e. The summed E-state index contributed by atoms with van der Waals surface area (Å²) in [6.45, 7) is 1.97. The smallest absolute Gasteiger partial charge is 0.497 e. The van der Waals surface area contributed by atoms with Gasteiger partial charge in [-0.25, -0.2) is 9.48 Å². The second-order valence-electron chi connectivity index (χ2n) is 6.09. The zero-order valence-electron chi connectivity index (χ0n) is 16.1. The summed E-state index contributed by atoms with van der Waals surface area (Å²) in [6, 6.07) is 12.4. The minimum atomic E-state index is -4.84. The topological polar surface area (TPSA) is 75.5 Å². The molecule has 0 N–H and O–H groups in total. The van der Waals surface area contributed by atoms with Gasteiger partial charge in [0.2, 0.25) is 0 Å². The second-order valence-corrected chi connectivity index (χ2v) is 6.09. The van der Waals surface area contributed by atoms with Crippen molar-refractivity contribution in [1.82, 2.24) is 15.0 Å². The standard InChI is InChI=1S/C20H18F3N3O4/c1-3-29-19(27)17-18(14-5-4-6-16(11-14)30-20(21,22)23)26(25-24-17)12-13-7-9-15(28-2)10-8-13/h4-11H,3,12H2,1-2H3. The predicted molar refractivity (Wildman–Crippen MR) is 100 cm³/mol. The number of rotatable bonds is 7. The zero-order valence-corrected chi connectivity index (χ0v) is 16.1. The molecule has 0 fully saturated rings. The number of nitrogens with zero attached hydrogens (tertiary/aromatic N) is 3. The van der Waals surface area contributed by atoms with E-state index in [-0.39, 0.29) is 30.1 Å². The molecule has 0 unspecified atom stereocenters. The molecule has 1 heterocycles. The first-order chi connectivity index (χ1) is 14.3. The molecular formula is C20H18F3N3O4. The number of aromatic nitrogens is 3. The lowest BCUT2D eigenvalue weighted by molar-refractivity contribution is -0.274. The van der Waals surface area contributed by atoms with Crippen molar-refractivity contribution in [2.75, 3.05) is 13.7 Å². The average molecular weight is 421 g/mol. The third-order valence-corrected chi connectivity index (χ3v) is 4.04. The van der Waals surface area contributed by atoms with Crippen molar-refractivity contribution in [2.24, 2.45) is 0 Å². The Balaban J connectivity index is 2.02. The molecule has 0 saturated carbocycles. The van der Waals surface area contributed by atoms with Crippen molar-refractivity contribution in [3.63, 3.8) is 0 Å². The molecule has 0 atom stereocenters. The van der Waals surface area contributed by atoms with Crippen LogP contribution in [0.5, 0.6) is 11.5 Å². The van der Waals surface area contributed by atoms with Crippen LogP contribution in [0.2, 0.25) is 0 Å². The molecule has 7 nitrogen and oxygen atoms in total. The van der Waals surface area contributed by atoms with Crippen molar-refractivity contribution in [3.05, 3.63) is 59.8 Å². The molecule has 1 aromatic heterocycles. The molecule has 0 radical (unpaired) electrons. The van der Waals surface area contributed by atoms with Gasteiger partial charge in [-0.1, -0.05) is 29.5 Å². The third kappa shape index (κ3) is 5.07. The molecule has 0 aliphatic heterocycles. The highest BCUT2D eigenvalue weighted by molar-refractivity contribution is 5.94. The minimum absolute atomic E-state index is 0.102. The van der Waals surface area contributed by atoms with Gasteiger partial charge in [0.1, 0.15) is 17.2 Å². The number of carbonyl (C=O) groups excluding carboxylic acids is 1.